The first-order valence-electron chi connectivity index (χ1n) is 7.37. The zero-order valence-corrected chi connectivity index (χ0v) is 13.1. The minimum atomic E-state index is 0.0895. The van der Waals surface area contributed by atoms with E-state index >= 15 is 0 Å². The fourth-order valence-electron chi connectivity index (χ4n) is 2.58. The lowest BCUT2D eigenvalue weighted by atomic mass is 10.0. The van der Waals surface area contributed by atoms with Crippen molar-refractivity contribution in [2.45, 2.75) is 53.4 Å². The summed E-state index contributed by atoms with van der Waals surface area (Å²) in [5.41, 5.74) is 5.45. The van der Waals surface area contributed by atoms with Gasteiger partial charge in [-0.1, -0.05) is 33.3 Å². The molecule has 0 unspecified atom stereocenters. The summed E-state index contributed by atoms with van der Waals surface area (Å²) in [6.07, 6.45) is 1.95. The number of aromatic amines is 1. The standard InChI is InChI=1S/C17H24N2O/c1-6-7-15-16(11(2)3)17(20)19(18-15)14-9-8-12(4)13(5)10-14/h8-11,18H,6-7H2,1-5H3. The largest absolute Gasteiger partial charge is 0.295 e. The molecule has 2 rings (SSSR count). The minimum Gasteiger partial charge on any atom is -0.295 e. The zero-order chi connectivity index (χ0) is 14.9. The van der Waals surface area contributed by atoms with Crippen molar-refractivity contribution >= 4 is 0 Å². The van der Waals surface area contributed by atoms with Crippen LogP contribution in [0.4, 0.5) is 0 Å². The third-order valence-electron chi connectivity index (χ3n) is 3.83. The van der Waals surface area contributed by atoms with Crippen molar-refractivity contribution in [3.05, 3.63) is 50.9 Å². The number of hydrogen-bond donors (Lipinski definition) is 1. The normalized spacial score (nSPS) is 11.3. The molecule has 0 radical (unpaired) electrons. The van der Waals surface area contributed by atoms with Gasteiger partial charge in [0.2, 0.25) is 0 Å². The molecule has 0 bridgehead atoms. The maximum atomic E-state index is 12.6. The first-order valence-corrected chi connectivity index (χ1v) is 7.37. The molecule has 0 atom stereocenters. The molecule has 1 N–H and O–H groups in total. The average Bonchev–Trinajstić information content (AvgIpc) is 2.70. The summed E-state index contributed by atoms with van der Waals surface area (Å²) < 4.78 is 1.69. The quantitative estimate of drug-likeness (QED) is 0.901. The van der Waals surface area contributed by atoms with Gasteiger partial charge in [-0.3, -0.25) is 9.89 Å². The van der Waals surface area contributed by atoms with Crippen LogP contribution in [0.3, 0.4) is 0 Å². The first-order chi connectivity index (χ1) is 9.45. The Morgan fingerprint density at radius 2 is 1.90 bits per heavy atom. The highest BCUT2D eigenvalue weighted by Crippen LogP contribution is 2.18. The number of rotatable bonds is 4. The number of H-pyrrole nitrogens is 1. The smallest absolute Gasteiger partial charge is 0.274 e. The number of aryl methyl sites for hydroxylation is 3. The van der Waals surface area contributed by atoms with Crippen molar-refractivity contribution in [3.8, 4) is 5.69 Å². The maximum Gasteiger partial charge on any atom is 0.274 e. The number of hydrogen-bond acceptors (Lipinski definition) is 1. The van der Waals surface area contributed by atoms with Crippen LogP contribution in [0.2, 0.25) is 0 Å². The number of nitrogens with one attached hydrogen (secondary N) is 1. The Hall–Kier alpha value is -1.77. The van der Waals surface area contributed by atoms with E-state index < -0.39 is 0 Å². The molecule has 0 saturated heterocycles. The molecular weight excluding hydrogens is 248 g/mol. The SMILES string of the molecule is CCCc1[nH]n(-c2ccc(C)c(C)c2)c(=O)c1C(C)C. The Bertz CT molecular complexity index is 662. The van der Waals surface area contributed by atoms with Crippen molar-refractivity contribution < 1.29 is 0 Å². The molecule has 2 aromatic rings. The summed E-state index contributed by atoms with van der Waals surface area (Å²) in [4.78, 5) is 12.6. The van der Waals surface area contributed by atoms with Gasteiger partial charge in [-0.25, -0.2) is 4.68 Å². The molecule has 1 heterocycles. The van der Waals surface area contributed by atoms with E-state index in [4.69, 9.17) is 0 Å². The molecule has 20 heavy (non-hydrogen) atoms. The second-order valence-corrected chi connectivity index (χ2v) is 5.82. The van der Waals surface area contributed by atoms with Crippen LogP contribution in [0.25, 0.3) is 5.69 Å². The highest BCUT2D eigenvalue weighted by atomic mass is 16.1. The molecule has 0 fully saturated rings. The molecular formula is C17H24N2O. The Labute approximate surface area is 120 Å². The highest BCUT2D eigenvalue weighted by Gasteiger charge is 2.17. The molecule has 3 heteroatoms. The van der Waals surface area contributed by atoms with Gasteiger partial charge in [0.05, 0.1) is 5.69 Å². The maximum absolute atomic E-state index is 12.6. The van der Waals surface area contributed by atoms with E-state index in [2.05, 4.69) is 51.9 Å². The second kappa shape index (κ2) is 5.70. The number of aromatic nitrogens is 2. The van der Waals surface area contributed by atoms with Gasteiger partial charge in [0, 0.05) is 11.3 Å². The molecule has 0 saturated carbocycles. The predicted molar refractivity (Wildman–Crippen MR) is 83.9 cm³/mol. The second-order valence-electron chi connectivity index (χ2n) is 5.82. The monoisotopic (exact) mass is 272 g/mol. The lowest BCUT2D eigenvalue weighted by molar-refractivity contribution is 0.787. The molecule has 0 amide bonds. The van der Waals surface area contributed by atoms with Crippen molar-refractivity contribution in [3.63, 3.8) is 0 Å². The van der Waals surface area contributed by atoms with Crippen LogP contribution >= 0.6 is 0 Å². The molecule has 0 aliphatic carbocycles. The summed E-state index contributed by atoms with van der Waals surface area (Å²) in [6.45, 7) is 10.4. The Morgan fingerprint density at radius 1 is 1.20 bits per heavy atom. The molecule has 0 aliphatic rings. The molecule has 1 aromatic heterocycles. The molecule has 3 nitrogen and oxygen atoms in total. The van der Waals surface area contributed by atoms with Crippen molar-refractivity contribution in [1.29, 1.82) is 0 Å². The van der Waals surface area contributed by atoms with E-state index in [-0.39, 0.29) is 11.5 Å². The fourth-order valence-corrected chi connectivity index (χ4v) is 2.58. The third-order valence-corrected chi connectivity index (χ3v) is 3.83. The van der Waals surface area contributed by atoms with Gasteiger partial charge in [0.15, 0.2) is 0 Å². The van der Waals surface area contributed by atoms with E-state index in [1.807, 2.05) is 6.07 Å². The topological polar surface area (TPSA) is 37.8 Å². The van der Waals surface area contributed by atoms with E-state index in [1.54, 1.807) is 4.68 Å². The van der Waals surface area contributed by atoms with E-state index in [1.165, 1.54) is 11.1 Å². The Morgan fingerprint density at radius 3 is 2.45 bits per heavy atom. The van der Waals surface area contributed by atoms with Crippen LogP contribution in [0.15, 0.2) is 23.0 Å². The molecule has 0 aliphatic heterocycles. The summed E-state index contributed by atoms with van der Waals surface area (Å²) >= 11 is 0. The third kappa shape index (κ3) is 2.58. The van der Waals surface area contributed by atoms with Gasteiger partial charge >= 0.3 is 0 Å². The molecule has 108 valence electrons. The lowest BCUT2D eigenvalue weighted by Crippen LogP contribution is -2.18. The Balaban J connectivity index is 2.60. The van der Waals surface area contributed by atoms with Gasteiger partial charge in [-0.05, 0) is 49.4 Å². The predicted octanol–water partition coefficient (Wildman–Crippen LogP) is 3.86. The summed E-state index contributed by atoms with van der Waals surface area (Å²) in [6, 6.07) is 6.12. The van der Waals surface area contributed by atoms with Gasteiger partial charge in [0.1, 0.15) is 0 Å². The average molecular weight is 272 g/mol. The van der Waals surface area contributed by atoms with Crippen LogP contribution in [0.1, 0.15) is 55.5 Å². The van der Waals surface area contributed by atoms with Crippen LogP contribution in [0.5, 0.6) is 0 Å². The number of benzene rings is 1. The van der Waals surface area contributed by atoms with Gasteiger partial charge in [0.25, 0.3) is 5.56 Å². The van der Waals surface area contributed by atoms with Crippen LogP contribution < -0.4 is 5.56 Å². The van der Waals surface area contributed by atoms with Gasteiger partial charge in [-0.2, -0.15) is 0 Å². The van der Waals surface area contributed by atoms with Crippen molar-refractivity contribution in [1.82, 2.24) is 9.78 Å². The summed E-state index contributed by atoms with van der Waals surface area (Å²) in [5.74, 6) is 0.244. The first kappa shape index (κ1) is 14.6. The van der Waals surface area contributed by atoms with Crippen molar-refractivity contribution in [2.24, 2.45) is 0 Å². The van der Waals surface area contributed by atoms with Crippen LogP contribution in [-0.2, 0) is 6.42 Å². The highest BCUT2D eigenvalue weighted by molar-refractivity contribution is 5.40. The van der Waals surface area contributed by atoms with Crippen molar-refractivity contribution in [2.75, 3.05) is 0 Å². The van der Waals surface area contributed by atoms with Gasteiger partial charge in [-0.15, -0.1) is 0 Å². The minimum absolute atomic E-state index is 0.0895. The fraction of sp³-hybridized carbons (Fsp3) is 0.471. The van der Waals surface area contributed by atoms with Crippen LogP contribution in [0, 0.1) is 13.8 Å². The zero-order valence-electron chi connectivity index (χ0n) is 13.1. The van der Waals surface area contributed by atoms with E-state index in [9.17, 15) is 4.79 Å². The van der Waals surface area contributed by atoms with E-state index in [0.29, 0.717) is 0 Å². The number of nitrogens with zero attached hydrogens (tertiary/aromatic N) is 1. The van der Waals surface area contributed by atoms with Crippen LogP contribution in [-0.4, -0.2) is 9.78 Å². The van der Waals surface area contributed by atoms with Gasteiger partial charge < -0.3 is 0 Å². The lowest BCUT2D eigenvalue weighted by Gasteiger charge is -2.05. The summed E-state index contributed by atoms with van der Waals surface area (Å²) in [5, 5.41) is 3.30. The summed E-state index contributed by atoms with van der Waals surface area (Å²) in [7, 11) is 0. The van der Waals surface area contributed by atoms with E-state index in [0.717, 1.165) is 29.8 Å². The molecule has 0 spiro atoms. The Kier molecular flexibility index (Phi) is 4.17. The molecule has 1 aromatic carbocycles.